The number of nitrogens with zero attached hydrogens (tertiary/aromatic N) is 4. The number of likely N-dealkylation sites (tertiary alicyclic amines) is 1. The van der Waals surface area contributed by atoms with Crippen molar-refractivity contribution in [1.29, 1.82) is 0 Å². The summed E-state index contributed by atoms with van der Waals surface area (Å²) in [7, 11) is 0. The van der Waals surface area contributed by atoms with E-state index < -0.39 is 11.7 Å². The third-order valence-electron chi connectivity index (χ3n) is 5.53. The molecule has 2 aromatic rings. The molecule has 0 unspecified atom stereocenters. The highest BCUT2D eigenvalue weighted by molar-refractivity contribution is 5.79. The number of piperidine rings is 1. The maximum absolute atomic E-state index is 13.1. The van der Waals surface area contributed by atoms with Gasteiger partial charge in [-0.05, 0) is 24.5 Å². The SMILES string of the molecule is O=C(Cc1ccccc1C(F)(F)F)N1CCC(c2nnc3n2CCNC3)CC1. The zero-order valence-electron chi connectivity index (χ0n) is 15.4. The molecule has 1 aromatic carbocycles. The molecule has 1 aromatic heterocycles. The monoisotopic (exact) mass is 393 g/mol. The summed E-state index contributed by atoms with van der Waals surface area (Å²) < 4.78 is 41.6. The molecule has 28 heavy (non-hydrogen) atoms. The van der Waals surface area contributed by atoms with E-state index in [1.54, 1.807) is 4.90 Å². The number of rotatable bonds is 3. The molecule has 0 spiro atoms. The van der Waals surface area contributed by atoms with Crippen molar-refractivity contribution in [3.8, 4) is 0 Å². The number of carbonyl (C=O) groups excluding carboxylic acids is 1. The van der Waals surface area contributed by atoms with Gasteiger partial charge in [-0.1, -0.05) is 18.2 Å². The van der Waals surface area contributed by atoms with Crippen LogP contribution in [0.5, 0.6) is 0 Å². The smallest absolute Gasteiger partial charge is 0.342 e. The third-order valence-corrected chi connectivity index (χ3v) is 5.53. The van der Waals surface area contributed by atoms with Crippen LogP contribution in [0, 0.1) is 0 Å². The van der Waals surface area contributed by atoms with Crippen molar-refractivity contribution in [3.05, 3.63) is 47.0 Å². The van der Waals surface area contributed by atoms with Gasteiger partial charge in [0.25, 0.3) is 0 Å². The zero-order chi connectivity index (χ0) is 19.7. The van der Waals surface area contributed by atoms with Crippen LogP contribution in [0.1, 0.15) is 41.5 Å². The van der Waals surface area contributed by atoms with Crippen molar-refractivity contribution < 1.29 is 18.0 Å². The van der Waals surface area contributed by atoms with Crippen LogP contribution in [0.3, 0.4) is 0 Å². The Morgan fingerprint density at radius 1 is 1.14 bits per heavy atom. The standard InChI is InChI=1S/C19H22F3N5O/c20-19(21,22)15-4-2-1-3-14(15)11-17(28)26-8-5-13(6-9-26)18-25-24-16-12-23-7-10-27(16)18/h1-4,13,23H,5-12H2. The van der Waals surface area contributed by atoms with E-state index in [2.05, 4.69) is 20.1 Å². The molecule has 0 bridgehead atoms. The van der Waals surface area contributed by atoms with E-state index in [-0.39, 0.29) is 23.8 Å². The van der Waals surface area contributed by atoms with Gasteiger partial charge in [-0.3, -0.25) is 4.79 Å². The highest BCUT2D eigenvalue weighted by Crippen LogP contribution is 2.33. The first kappa shape index (κ1) is 18.9. The van der Waals surface area contributed by atoms with Crippen LogP contribution in [0.4, 0.5) is 13.2 Å². The summed E-state index contributed by atoms with van der Waals surface area (Å²) in [5.74, 6) is 1.86. The van der Waals surface area contributed by atoms with Crippen LogP contribution in [0.15, 0.2) is 24.3 Å². The maximum atomic E-state index is 13.1. The van der Waals surface area contributed by atoms with Crippen LogP contribution in [-0.2, 0) is 30.5 Å². The van der Waals surface area contributed by atoms with Crippen LogP contribution in [0.25, 0.3) is 0 Å². The minimum Gasteiger partial charge on any atom is -0.342 e. The summed E-state index contributed by atoms with van der Waals surface area (Å²) in [6.45, 7) is 3.48. The molecule has 1 amide bonds. The van der Waals surface area contributed by atoms with E-state index in [0.717, 1.165) is 43.6 Å². The van der Waals surface area contributed by atoms with Crippen molar-refractivity contribution >= 4 is 5.91 Å². The van der Waals surface area contributed by atoms with Gasteiger partial charge in [0, 0.05) is 32.1 Å². The molecule has 2 aliphatic rings. The second-order valence-corrected chi connectivity index (χ2v) is 7.29. The average molecular weight is 393 g/mol. The van der Waals surface area contributed by atoms with Gasteiger partial charge in [0.05, 0.1) is 18.5 Å². The number of alkyl halides is 3. The van der Waals surface area contributed by atoms with E-state index >= 15 is 0 Å². The Kier molecular flexibility index (Phi) is 5.09. The minimum atomic E-state index is -4.45. The molecule has 0 saturated carbocycles. The minimum absolute atomic E-state index is 0.0288. The van der Waals surface area contributed by atoms with Gasteiger partial charge in [0.2, 0.25) is 5.91 Å². The molecule has 0 aliphatic carbocycles. The molecule has 3 heterocycles. The predicted molar refractivity (Wildman–Crippen MR) is 95.4 cm³/mol. The van der Waals surface area contributed by atoms with Gasteiger partial charge in [-0.2, -0.15) is 13.2 Å². The molecule has 1 N–H and O–H groups in total. The number of halogens is 3. The Bertz CT molecular complexity index is 855. The largest absolute Gasteiger partial charge is 0.416 e. The molecule has 4 rings (SSSR count). The Hall–Kier alpha value is -2.42. The molecule has 1 saturated heterocycles. The lowest BCUT2D eigenvalue weighted by atomic mass is 9.95. The van der Waals surface area contributed by atoms with Crippen molar-refractivity contribution in [2.75, 3.05) is 19.6 Å². The highest BCUT2D eigenvalue weighted by Gasteiger charge is 2.34. The summed E-state index contributed by atoms with van der Waals surface area (Å²) in [6, 6.07) is 5.28. The number of hydrogen-bond donors (Lipinski definition) is 1. The Morgan fingerprint density at radius 3 is 2.64 bits per heavy atom. The van der Waals surface area contributed by atoms with Gasteiger partial charge < -0.3 is 14.8 Å². The van der Waals surface area contributed by atoms with E-state index in [1.165, 1.54) is 18.2 Å². The normalized spacial score (nSPS) is 18.2. The number of benzene rings is 1. The average Bonchev–Trinajstić information content (AvgIpc) is 3.12. The molecule has 1 fully saturated rings. The van der Waals surface area contributed by atoms with Crippen LogP contribution >= 0.6 is 0 Å². The third kappa shape index (κ3) is 3.76. The van der Waals surface area contributed by atoms with Crippen LogP contribution in [-0.4, -0.2) is 45.2 Å². The summed E-state index contributed by atoms with van der Waals surface area (Å²) >= 11 is 0. The fraction of sp³-hybridized carbons (Fsp3) is 0.526. The maximum Gasteiger partial charge on any atom is 0.416 e. The fourth-order valence-electron chi connectivity index (χ4n) is 4.03. The van der Waals surface area contributed by atoms with Crippen molar-refractivity contribution in [1.82, 2.24) is 25.0 Å². The summed E-state index contributed by atoms with van der Waals surface area (Å²) in [5, 5.41) is 11.8. The van der Waals surface area contributed by atoms with E-state index in [9.17, 15) is 18.0 Å². The fourth-order valence-corrected chi connectivity index (χ4v) is 4.03. The molecule has 6 nitrogen and oxygen atoms in total. The van der Waals surface area contributed by atoms with E-state index in [0.29, 0.717) is 19.6 Å². The van der Waals surface area contributed by atoms with Crippen molar-refractivity contribution in [2.45, 2.75) is 44.4 Å². The summed E-state index contributed by atoms with van der Waals surface area (Å²) in [6.07, 6.45) is -3.19. The highest BCUT2D eigenvalue weighted by atomic mass is 19.4. The second-order valence-electron chi connectivity index (χ2n) is 7.29. The summed E-state index contributed by atoms with van der Waals surface area (Å²) in [4.78, 5) is 14.3. The Morgan fingerprint density at radius 2 is 1.89 bits per heavy atom. The number of amides is 1. The van der Waals surface area contributed by atoms with Gasteiger partial charge in [0.15, 0.2) is 0 Å². The van der Waals surface area contributed by atoms with Crippen LogP contribution in [0.2, 0.25) is 0 Å². The first-order valence-corrected chi connectivity index (χ1v) is 9.49. The zero-order valence-corrected chi connectivity index (χ0v) is 15.4. The number of nitrogens with one attached hydrogen (secondary N) is 1. The number of aromatic nitrogens is 3. The molecular weight excluding hydrogens is 371 g/mol. The van der Waals surface area contributed by atoms with Gasteiger partial charge in [0.1, 0.15) is 11.6 Å². The van der Waals surface area contributed by atoms with E-state index in [4.69, 9.17) is 0 Å². The lowest BCUT2D eigenvalue weighted by Gasteiger charge is -2.32. The van der Waals surface area contributed by atoms with Gasteiger partial charge in [-0.15, -0.1) is 10.2 Å². The molecule has 2 aliphatic heterocycles. The molecular formula is C19H22F3N5O. The first-order chi connectivity index (χ1) is 13.4. The van der Waals surface area contributed by atoms with Crippen LogP contribution < -0.4 is 5.32 Å². The Labute approximate surface area is 160 Å². The molecule has 0 radical (unpaired) electrons. The molecule has 150 valence electrons. The predicted octanol–water partition coefficient (Wildman–Crippen LogP) is 2.35. The topological polar surface area (TPSA) is 63.1 Å². The van der Waals surface area contributed by atoms with Crippen molar-refractivity contribution in [3.63, 3.8) is 0 Å². The van der Waals surface area contributed by atoms with Crippen molar-refractivity contribution in [2.24, 2.45) is 0 Å². The first-order valence-electron chi connectivity index (χ1n) is 9.49. The number of hydrogen-bond acceptors (Lipinski definition) is 4. The summed E-state index contributed by atoms with van der Waals surface area (Å²) in [5.41, 5.74) is -0.705. The Balaban J connectivity index is 1.39. The molecule has 0 atom stereocenters. The molecule has 9 heteroatoms. The lowest BCUT2D eigenvalue weighted by molar-refractivity contribution is -0.138. The van der Waals surface area contributed by atoms with Gasteiger partial charge in [-0.25, -0.2) is 0 Å². The number of fused-ring (bicyclic) bond motifs is 1. The number of carbonyl (C=O) groups is 1. The van der Waals surface area contributed by atoms with E-state index in [1.807, 2.05) is 0 Å². The lowest BCUT2D eigenvalue weighted by Crippen LogP contribution is -2.39. The quantitative estimate of drug-likeness (QED) is 0.870. The van der Waals surface area contributed by atoms with Gasteiger partial charge >= 0.3 is 6.18 Å². The second kappa shape index (κ2) is 7.54.